The van der Waals surface area contributed by atoms with Crippen LogP contribution in [0.1, 0.15) is 20.8 Å². The summed E-state index contributed by atoms with van der Waals surface area (Å²) in [5, 5.41) is 0. The molecule has 0 heteroatoms. The van der Waals surface area contributed by atoms with E-state index in [-0.39, 0.29) is 7.43 Å². The van der Waals surface area contributed by atoms with Gasteiger partial charge in [-0.2, -0.15) is 0 Å². The average Bonchev–Trinajstić information content (AvgIpc) is 1.61. The van der Waals surface area contributed by atoms with E-state index in [1.54, 1.807) is 6.08 Å². The summed E-state index contributed by atoms with van der Waals surface area (Å²) in [6, 6.07) is 0. The van der Waals surface area contributed by atoms with Crippen LogP contribution in [0, 0.1) is 0 Å². The van der Waals surface area contributed by atoms with Crippen LogP contribution < -0.4 is 0 Å². The molecule has 0 radical (unpaired) electrons. The van der Waals surface area contributed by atoms with Gasteiger partial charge in [0.05, 0.1) is 0 Å². The molecule has 42 valence electrons. The molecule has 0 unspecified atom stereocenters. The maximum absolute atomic E-state index is 3.51. The summed E-state index contributed by atoms with van der Waals surface area (Å²) in [7, 11) is 0. The highest BCUT2D eigenvalue weighted by atomic mass is 13.6. The van der Waals surface area contributed by atoms with Crippen molar-refractivity contribution < 1.29 is 0 Å². The summed E-state index contributed by atoms with van der Waals surface area (Å²) >= 11 is 0. The van der Waals surface area contributed by atoms with Crippen molar-refractivity contribution >= 4 is 0 Å². The smallest absolute Gasteiger partial charge is 0.0376 e. The maximum Gasteiger partial charge on any atom is -0.0376 e. The normalized spacial score (nSPS) is 8.14. The average molecular weight is 98.2 g/mol. The minimum atomic E-state index is 0. The molecule has 0 N–H and O–H groups in total. The summed E-state index contributed by atoms with van der Waals surface area (Å²) < 4.78 is 0. The Kier molecular flexibility index (Phi) is 12.6. The lowest BCUT2D eigenvalue weighted by atomic mass is 10.4. The summed E-state index contributed by atoms with van der Waals surface area (Å²) in [5.74, 6) is 0. The first kappa shape index (κ1) is 9.70. The van der Waals surface area contributed by atoms with Crippen molar-refractivity contribution in [3.63, 3.8) is 0 Å². The molecule has 0 aromatic rings. The van der Waals surface area contributed by atoms with E-state index in [0.717, 1.165) is 6.42 Å². The van der Waals surface area contributed by atoms with Gasteiger partial charge in [-0.3, -0.25) is 0 Å². The van der Waals surface area contributed by atoms with Gasteiger partial charge in [0.1, 0.15) is 0 Å². The molecule has 0 spiro atoms. The van der Waals surface area contributed by atoms with E-state index < -0.39 is 0 Å². The highest BCUT2D eigenvalue weighted by Gasteiger charge is 1.55. The van der Waals surface area contributed by atoms with Gasteiger partial charge in [-0.1, -0.05) is 39.2 Å². The topological polar surface area (TPSA) is 0 Å². The Morgan fingerprint density at radius 2 is 2.14 bits per heavy atom. The Balaban J connectivity index is 0. The van der Waals surface area contributed by atoms with Crippen molar-refractivity contribution in [2.75, 3.05) is 0 Å². The first-order chi connectivity index (χ1) is 2.91. The van der Waals surface area contributed by atoms with E-state index in [9.17, 15) is 0 Å². The number of hydrogen-bond acceptors (Lipinski definition) is 0. The van der Waals surface area contributed by atoms with Gasteiger partial charge in [0, 0.05) is 0 Å². The molecule has 0 aliphatic rings. The van der Waals surface area contributed by atoms with E-state index in [4.69, 9.17) is 0 Å². The highest BCUT2D eigenvalue weighted by molar-refractivity contribution is 4.96. The fourth-order valence-corrected chi connectivity index (χ4v) is 0.232. The number of rotatable bonds is 2. The zero-order valence-electron chi connectivity index (χ0n) is 4.15. The van der Waals surface area contributed by atoms with E-state index in [0.29, 0.717) is 0 Å². The lowest BCUT2D eigenvalue weighted by Crippen LogP contribution is -1.46. The van der Waals surface area contributed by atoms with Gasteiger partial charge in [-0.25, -0.2) is 0 Å². The van der Waals surface area contributed by atoms with Gasteiger partial charge in [0.2, 0.25) is 0 Å². The Morgan fingerprint density at radius 3 is 2.29 bits per heavy atom. The summed E-state index contributed by atoms with van der Waals surface area (Å²) in [6.07, 6.45) is 6.89. The molecular weight excluding hydrogens is 84.1 g/mol. The van der Waals surface area contributed by atoms with E-state index >= 15 is 0 Å². The van der Waals surface area contributed by atoms with Crippen LogP contribution >= 0.6 is 0 Å². The molecule has 0 aliphatic carbocycles. The standard InChI is InChI=1S/C6H10.CH4/c1-3-5-6-4-2;/h3,5-6H,1,4H2,2H3;1H4/b6-5+;. The Hall–Kier alpha value is -0.520. The van der Waals surface area contributed by atoms with Crippen LogP contribution in [0.25, 0.3) is 0 Å². The molecule has 0 atom stereocenters. The molecule has 0 saturated heterocycles. The molecular formula is C7H14. The minimum absolute atomic E-state index is 0. The zero-order chi connectivity index (χ0) is 4.83. The molecule has 0 amide bonds. The first-order valence-electron chi connectivity index (χ1n) is 2.19. The third-order valence-corrected chi connectivity index (χ3v) is 0.508. The monoisotopic (exact) mass is 98.1 g/mol. The van der Waals surface area contributed by atoms with Crippen LogP contribution in [-0.2, 0) is 0 Å². The molecule has 7 heavy (non-hydrogen) atoms. The lowest BCUT2D eigenvalue weighted by Gasteiger charge is -1.67. The van der Waals surface area contributed by atoms with Gasteiger partial charge < -0.3 is 0 Å². The van der Waals surface area contributed by atoms with Crippen LogP contribution in [0.2, 0.25) is 0 Å². The van der Waals surface area contributed by atoms with Crippen LogP contribution in [-0.4, -0.2) is 0 Å². The molecule has 0 heterocycles. The third kappa shape index (κ3) is 10.8. The first-order valence-corrected chi connectivity index (χ1v) is 2.19. The Bertz CT molecular complexity index is 51.1. The molecule has 0 aromatic heterocycles. The Morgan fingerprint density at radius 1 is 1.57 bits per heavy atom. The molecule has 0 saturated carbocycles. The van der Waals surface area contributed by atoms with E-state index in [1.807, 2.05) is 6.08 Å². The summed E-state index contributed by atoms with van der Waals surface area (Å²) in [4.78, 5) is 0. The predicted octanol–water partition coefficient (Wildman–Crippen LogP) is 2.77. The second-order valence-corrected chi connectivity index (χ2v) is 1.07. The third-order valence-electron chi connectivity index (χ3n) is 0.508. The van der Waals surface area contributed by atoms with Crippen LogP contribution in [0.5, 0.6) is 0 Å². The van der Waals surface area contributed by atoms with Gasteiger partial charge >= 0.3 is 0 Å². The summed E-state index contributed by atoms with van der Waals surface area (Å²) in [6.45, 7) is 5.61. The quantitative estimate of drug-likeness (QED) is 0.466. The van der Waals surface area contributed by atoms with Gasteiger partial charge in [0.15, 0.2) is 0 Å². The highest BCUT2D eigenvalue weighted by Crippen LogP contribution is 1.76. The Labute approximate surface area is 46.6 Å². The molecule has 0 rings (SSSR count). The van der Waals surface area contributed by atoms with Crippen molar-refractivity contribution in [1.82, 2.24) is 0 Å². The van der Waals surface area contributed by atoms with Crippen LogP contribution in [0.3, 0.4) is 0 Å². The minimum Gasteiger partial charge on any atom is -0.0991 e. The van der Waals surface area contributed by atoms with Crippen LogP contribution in [0.15, 0.2) is 24.8 Å². The van der Waals surface area contributed by atoms with Crippen molar-refractivity contribution in [2.24, 2.45) is 0 Å². The van der Waals surface area contributed by atoms with Crippen LogP contribution in [0.4, 0.5) is 0 Å². The molecule has 0 fully saturated rings. The van der Waals surface area contributed by atoms with Crippen molar-refractivity contribution in [3.05, 3.63) is 24.8 Å². The van der Waals surface area contributed by atoms with E-state index in [1.165, 1.54) is 0 Å². The maximum atomic E-state index is 3.51. The second-order valence-electron chi connectivity index (χ2n) is 1.07. The van der Waals surface area contributed by atoms with Gasteiger partial charge in [-0.15, -0.1) is 0 Å². The SMILES string of the molecule is C.C=C/C=C/CC. The van der Waals surface area contributed by atoms with Gasteiger partial charge in [0.25, 0.3) is 0 Å². The van der Waals surface area contributed by atoms with E-state index in [2.05, 4.69) is 19.6 Å². The molecule has 0 nitrogen and oxygen atoms in total. The molecule has 0 bridgehead atoms. The van der Waals surface area contributed by atoms with Crippen molar-refractivity contribution in [2.45, 2.75) is 20.8 Å². The van der Waals surface area contributed by atoms with Crippen molar-refractivity contribution in [3.8, 4) is 0 Å². The zero-order valence-corrected chi connectivity index (χ0v) is 4.15. The fraction of sp³-hybridized carbons (Fsp3) is 0.429. The summed E-state index contributed by atoms with van der Waals surface area (Å²) in [5.41, 5.74) is 0. The number of hydrogen-bond donors (Lipinski definition) is 0. The molecule has 0 aromatic carbocycles. The molecule has 0 aliphatic heterocycles. The van der Waals surface area contributed by atoms with Crippen molar-refractivity contribution in [1.29, 1.82) is 0 Å². The second kappa shape index (κ2) is 9.08. The fourth-order valence-electron chi connectivity index (χ4n) is 0.232. The number of allylic oxidation sites excluding steroid dienone is 3. The predicted molar refractivity (Wildman–Crippen MR) is 36.4 cm³/mol. The largest absolute Gasteiger partial charge is 0.0991 e. The van der Waals surface area contributed by atoms with Gasteiger partial charge in [-0.05, 0) is 6.42 Å². The lowest BCUT2D eigenvalue weighted by molar-refractivity contribution is 1.22.